The van der Waals surface area contributed by atoms with E-state index in [0.29, 0.717) is 18.7 Å². The van der Waals surface area contributed by atoms with E-state index in [4.69, 9.17) is 9.84 Å². The lowest BCUT2D eigenvalue weighted by Gasteiger charge is -2.35. The van der Waals surface area contributed by atoms with Crippen LogP contribution in [-0.4, -0.2) is 125 Å². The van der Waals surface area contributed by atoms with Gasteiger partial charge in [0.2, 0.25) is 0 Å². The third-order valence-corrected chi connectivity index (χ3v) is 5.18. The second kappa shape index (κ2) is 14.8. The van der Waals surface area contributed by atoms with E-state index in [-0.39, 0.29) is 32.7 Å². The fourth-order valence-electron chi connectivity index (χ4n) is 3.58. The van der Waals surface area contributed by atoms with Crippen LogP contribution in [-0.2, 0) is 25.6 Å². The van der Waals surface area contributed by atoms with E-state index in [1.807, 2.05) is 0 Å². The minimum Gasteiger partial charge on any atom is -0.497 e. The average Bonchev–Trinajstić information content (AvgIpc) is 2.74. The van der Waals surface area contributed by atoms with Crippen molar-refractivity contribution in [2.45, 2.75) is 19.4 Å². The molecule has 4 N–H and O–H groups in total. The Labute approximate surface area is 197 Å². The number of likely N-dealkylation sites (N-methyl/N-ethyl adjacent to an activating group) is 1. The monoisotopic (exact) mass is 483 g/mol. The van der Waals surface area contributed by atoms with Crippen LogP contribution in [0, 0.1) is 0 Å². The number of aliphatic carboxylic acids is 4. The van der Waals surface area contributed by atoms with E-state index in [1.54, 1.807) is 41.0 Å². The van der Waals surface area contributed by atoms with Gasteiger partial charge in [0.25, 0.3) is 0 Å². The van der Waals surface area contributed by atoms with Crippen LogP contribution in [0.15, 0.2) is 24.3 Å². The lowest BCUT2D eigenvalue weighted by atomic mass is 10.0. The van der Waals surface area contributed by atoms with Crippen molar-refractivity contribution in [1.29, 1.82) is 0 Å². The predicted molar refractivity (Wildman–Crippen MR) is 121 cm³/mol. The summed E-state index contributed by atoms with van der Waals surface area (Å²) in [4.78, 5) is 49.8. The molecule has 0 bridgehead atoms. The maximum Gasteiger partial charge on any atom is 0.317 e. The molecule has 190 valence electrons. The zero-order chi connectivity index (χ0) is 25.7. The first kappa shape index (κ1) is 28.8. The minimum atomic E-state index is -1.20. The summed E-state index contributed by atoms with van der Waals surface area (Å²) < 4.78 is 5.15. The zero-order valence-corrected chi connectivity index (χ0v) is 19.4. The van der Waals surface area contributed by atoms with Gasteiger partial charge in [0.15, 0.2) is 0 Å². The highest BCUT2D eigenvalue weighted by Gasteiger charge is 2.26. The molecule has 0 aromatic heterocycles. The summed E-state index contributed by atoms with van der Waals surface area (Å²) in [6, 6.07) is 6.53. The quantitative estimate of drug-likeness (QED) is 0.219. The number of hydrogen-bond donors (Lipinski definition) is 4. The number of rotatable bonds is 18. The van der Waals surface area contributed by atoms with Crippen molar-refractivity contribution < 1.29 is 44.3 Å². The van der Waals surface area contributed by atoms with Gasteiger partial charge in [0, 0.05) is 25.7 Å². The number of carbonyl (C=O) groups is 4. The maximum atomic E-state index is 11.6. The molecule has 0 amide bonds. The number of hydrogen-bond acceptors (Lipinski definition) is 8. The molecule has 0 saturated carbocycles. The molecule has 0 radical (unpaired) electrons. The normalized spacial score (nSPS) is 12.1. The summed E-state index contributed by atoms with van der Waals surface area (Å²) in [6.07, 6.45) is 0.318. The topological polar surface area (TPSA) is 168 Å². The molecule has 34 heavy (non-hydrogen) atoms. The minimum absolute atomic E-state index is 0.0109. The summed E-state index contributed by atoms with van der Waals surface area (Å²) in [5.74, 6) is -3.88. The predicted octanol–water partition coefficient (Wildman–Crippen LogP) is -0.129. The van der Waals surface area contributed by atoms with Crippen LogP contribution in [0.3, 0.4) is 0 Å². The molecule has 0 aliphatic rings. The number of carboxylic acid groups (broad SMARTS) is 4. The fourth-order valence-corrected chi connectivity index (χ4v) is 3.58. The van der Waals surface area contributed by atoms with Crippen molar-refractivity contribution in [1.82, 2.24) is 14.7 Å². The van der Waals surface area contributed by atoms with E-state index in [0.717, 1.165) is 5.56 Å². The number of carboxylic acids is 4. The molecule has 1 aromatic carbocycles. The van der Waals surface area contributed by atoms with Crippen LogP contribution in [0.2, 0.25) is 0 Å². The maximum absolute atomic E-state index is 11.6. The average molecular weight is 484 g/mol. The first-order valence-electron chi connectivity index (χ1n) is 10.7. The summed E-state index contributed by atoms with van der Waals surface area (Å²) in [7, 11) is 1.53. The van der Waals surface area contributed by atoms with Gasteiger partial charge in [0.1, 0.15) is 5.75 Å². The first-order valence-corrected chi connectivity index (χ1v) is 10.7. The van der Waals surface area contributed by atoms with Crippen molar-refractivity contribution in [3.63, 3.8) is 0 Å². The third kappa shape index (κ3) is 11.6. The lowest BCUT2D eigenvalue weighted by molar-refractivity contribution is -0.143. The number of methoxy groups -OCH3 is 1. The standard InChI is InChI=1S/C22H33N3O9/c1-3-23(12-19(26)27)8-9-25(15-22(32)33)17(10-16-4-6-18(34-2)7-5-16)11-24(13-20(28)29)14-21(30)31/h4-7,17H,3,8-15H2,1-2H3,(H,26,27)(H,28,29)(H,30,31)(H,32,33). The first-order chi connectivity index (χ1) is 16.0. The highest BCUT2D eigenvalue weighted by molar-refractivity contribution is 5.72. The Kier molecular flexibility index (Phi) is 12.6. The second-order valence-electron chi connectivity index (χ2n) is 7.79. The van der Waals surface area contributed by atoms with Gasteiger partial charge >= 0.3 is 23.9 Å². The number of benzene rings is 1. The van der Waals surface area contributed by atoms with Gasteiger partial charge in [-0.05, 0) is 30.7 Å². The molecule has 0 heterocycles. The van der Waals surface area contributed by atoms with Crippen LogP contribution in [0.5, 0.6) is 5.75 Å². The van der Waals surface area contributed by atoms with Crippen LogP contribution >= 0.6 is 0 Å². The molecule has 12 nitrogen and oxygen atoms in total. The number of ether oxygens (including phenoxy) is 1. The van der Waals surface area contributed by atoms with E-state index in [9.17, 15) is 34.5 Å². The Bertz CT molecular complexity index is 800. The number of nitrogens with zero attached hydrogens (tertiary/aromatic N) is 3. The van der Waals surface area contributed by atoms with Crippen molar-refractivity contribution in [2.24, 2.45) is 0 Å². The van der Waals surface area contributed by atoms with Gasteiger partial charge < -0.3 is 25.2 Å². The molecular formula is C22H33N3O9. The molecule has 1 unspecified atom stereocenters. The smallest absolute Gasteiger partial charge is 0.317 e. The molecule has 0 aliphatic carbocycles. The molecule has 1 rings (SSSR count). The van der Waals surface area contributed by atoms with E-state index >= 15 is 0 Å². The summed E-state index contributed by atoms with van der Waals surface area (Å²) in [6.45, 7) is 1.07. The Morgan fingerprint density at radius 1 is 0.794 bits per heavy atom. The van der Waals surface area contributed by atoms with Crippen molar-refractivity contribution in [3.05, 3.63) is 29.8 Å². The zero-order valence-electron chi connectivity index (χ0n) is 19.4. The Hall–Kier alpha value is -3.22. The van der Waals surface area contributed by atoms with E-state index < -0.39 is 43.0 Å². The van der Waals surface area contributed by atoms with Gasteiger partial charge in [-0.2, -0.15) is 0 Å². The van der Waals surface area contributed by atoms with Gasteiger partial charge in [-0.15, -0.1) is 0 Å². The van der Waals surface area contributed by atoms with Crippen molar-refractivity contribution in [2.75, 3.05) is 59.5 Å². The van der Waals surface area contributed by atoms with E-state index in [1.165, 1.54) is 12.0 Å². The molecule has 0 saturated heterocycles. The summed E-state index contributed by atoms with van der Waals surface area (Å²) in [5.41, 5.74) is 0.824. The van der Waals surface area contributed by atoms with Gasteiger partial charge in [-0.3, -0.25) is 33.9 Å². The third-order valence-electron chi connectivity index (χ3n) is 5.18. The SMILES string of the molecule is CCN(CCN(CC(=O)O)C(Cc1ccc(OC)cc1)CN(CC(=O)O)CC(=O)O)CC(=O)O. The molecular weight excluding hydrogens is 450 g/mol. The molecule has 1 aromatic rings. The van der Waals surface area contributed by atoms with E-state index in [2.05, 4.69) is 0 Å². The Morgan fingerprint density at radius 2 is 1.29 bits per heavy atom. The highest BCUT2D eigenvalue weighted by Crippen LogP contribution is 2.16. The van der Waals surface area contributed by atoms with Gasteiger partial charge in [0.05, 0.1) is 33.3 Å². The van der Waals surface area contributed by atoms with Crippen LogP contribution in [0.4, 0.5) is 0 Å². The summed E-state index contributed by atoms with van der Waals surface area (Å²) in [5, 5.41) is 37.0. The highest BCUT2D eigenvalue weighted by atomic mass is 16.5. The fraction of sp³-hybridized carbons (Fsp3) is 0.545. The van der Waals surface area contributed by atoms with Gasteiger partial charge in [-0.1, -0.05) is 19.1 Å². The van der Waals surface area contributed by atoms with Crippen molar-refractivity contribution >= 4 is 23.9 Å². The molecule has 0 fully saturated rings. The Balaban J connectivity index is 3.21. The molecule has 0 spiro atoms. The second-order valence-corrected chi connectivity index (χ2v) is 7.79. The lowest BCUT2D eigenvalue weighted by Crippen LogP contribution is -2.51. The molecule has 1 atom stereocenters. The largest absolute Gasteiger partial charge is 0.497 e. The van der Waals surface area contributed by atoms with Gasteiger partial charge in [-0.25, -0.2) is 0 Å². The summed E-state index contributed by atoms with van der Waals surface area (Å²) >= 11 is 0. The molecule has 0 aliphatic heterocycles. The van der Waals surface area contributed by atoms with Crippen LogP contribution in [0.25, 0.3) is 0 Å². The van der Waals surface area contributed by atoms with Crippen LogP contribution < -0.4 is 4.74 Å². The van der Waals surface area contributed by atoms with Crippen LogP contribution in [0.1, 0.15) is 12.5 Å². The molecule has 12 heteroatoms. The van der Waals surface area contributed by atoms with Crippen molar-refractivity contribution in [3.8, 4) is 5.75 Å². The Morgan fingerprint density at radius 3 is 1.74 bits per heavy atom.